The smallest absolute Gasteiger partial charge is 0.200 e. The Labute approximate surface area is 198 Å². The Balaban J connectivity index is 1.59. The van der Waals surface area contributed by atoms with Gasteiger partial charge >= 0.3 is 0 Å². The van der Waals surface area contributed by atoms with Crippen molar-refractivity contribution in [2.45, 2.75) is 0 Å². The van der Waals surface area contributed by atoms with E-state index >= 15 is 0 Å². The number of aryl methyl sites for hydroxylation is 1. The van der Waals surface area contributed by atoms with Crippen molar-refractivity contribution in [1.82, 2.24) is 14.1 Å². The molecular formula is C28H17F2N3O2. The van der Waals surface area contributed by atoms with Crippen LogP contribution in [0.25, 0.3) is 34.3 Å². The summed E-state index contributed by atoms with van der Waals surface area (Å²) in [4.78, 5) is 30.8. The highest BCUT2D eigenvalue weighted by Crippen LogP contribution is 2.34. The van der Waals surface area contributed by atoms with E-state index < -0.39 is 34.3 Å². The third-order valence-electron chi connectivity index (χ3n) is 6.26. The summed E-state index contributed by atoms with van der Waals surface area (Å²) in [6.45, 7) is 0. The fourth-order valence-electron chi connectivity index (χ4n) is 4.60. The van der Waals surface area contributed by atoms with Crippen LogP contribution < -0.4 is 0 Å². The number of para-hydroxylation sites is 1. The maximum atomic E-state index is 14.3. The standard InChI is InChI=1S/C28H17F2N3O2/c1-32-22-15-18(14-19-25(34)23-20(29)12-13-21(30)24(23)26(19)35)33(17-10-6-3-7-11-17)28(22)31-27(32)16-8-4-2-5-9-16/h2-15H,1H3. The Morgan fingerprint density at radius 2 is 1.37 bits per heavy atom. The fourth-order valence-corrected chi connectivity index (χ4v) is 4.60. The van der Waals surface area contributed by atoms with Crippen molar-refractivity contribution in [3.63, 3.8) is 0 Å². The van der Waals surface area contributed by atoms with Gasteiger partial charge in [-0.1, -0.05) is 48.5 Å². The molecule has 0 saturated heterocycles. The van der Waals surface area contributed by atoms with Crippen molar-refractivity contribution < 1.29 is 18.4 Å². The average molecular weight is 465 g/mol. The van der Waals surface area contributed by atoms with E-state index in [1.807, 2.05) is 82.9 Å². The number of fused-ring (bicyclic) bond motifs is 2. The number of hydrogen-bond donors (Lipinski definition) is 0. The minimum absolute atomic E-state index is 0.285. The monoisotopic (exact) mass is 465 g/mol. The Hall–Kier alpha value is -4.65. The van der Waals surface area contributed by atoms with E-state index in [9.17, 15) is 18.4 Å². The molecule has 5 aromatic rings. The SMILES string of the molecule is Cn1c(-c2ccccc2)nc2c1cc(C=C1C(=O)c3c(F)ccc(F)c3C1=O)n2-c1ccccc1. The number of carbonyl (C=O) groups excluding carboxylic acids is 2. The number of rotatable bonds is 3. The summed E-state index contributed by atoms with van der Waals surface area (Å²) in [5, 5.41) is 0. The number of imidazole rings is 1. The molecule has 0 radical (unpaired) electrons. The molecule has 35 heavy (non-hydrogen) atoms. The lowest BCUT2D eigenvalue weighted by Gasteiger charge is -2.08. The van der Waals surface area contributed by atoms with Crippen LogP contribution in [0.1, 0.15) is 26.4 Å². The number of hydrogen-bond acceptors (Lipinski definition) is 3. The number of Topliss-reactive ketones (excluding diaryl/α,β-unsaturated/α-hetero) is 2. The number of ketones is 2. The number of aromatic nitrogens is 3. The maximum Gasteiger partial charge on any atom is 0.200 e. The zero-order valence-electron chi connectivity index (χ0n) is 18.5. The van der Waals surface area contributed by atoms with Gasteiger partial charge in [0.15, 0.2) is 5.65 Å². The molecule has 5 nitrogen and oxygen atoms in total. The first-order chi connectivity index (χ1) is 17.0. The molecule has 6 rings (SSSR count). The first kappa shape index (κ1) is 20.9. The topological polar surface area (TPSA) is 56.9 Å². The first-order valence-corrected chi connectivity index (χ1v) is 10.9. The average Bonchev–Trinajstić information content (AvgIpc) is 3.48. The molecule has 0 bridgehead atoms. The van der Waals surface area contributed by atoms with E-state index in [4.69, 9.17) is 4.98 Å². The lowest BCUT2D eigenvalue weighted by Crippen LogP contribution is -2.04. The lowest BCUT2D eigenvalue weighted by atomic mass is 10.1. The van der Waals surface area contributed by atoms with Gasteiger partial charge in [0.05, 0.1) is 27.9 Å². The lowest BCUT2D eigenvalue weighted by molar-refractivity contribution is 0.0988. The van der Waals surface area contributed by atoms with Gasteiger partial charge in [-0.05, 0) is 36.4 Å². The quantitative estimate of drug-likeness (QED) is 0.251. The molecule has 0 aliphatic heterocycles. The molecule has 2 aromatic heterocycles. The molecule has 0 spiro atoms. The molecule has 0 amide bonds. The molecule has 0 N–H and O–H groups in total. The second-order valence-electron chi connectivity index (χ2n) is 8.30. The number of nitrogens with zero attached hydrogens (tertiary/aromatic N) is 3. The highest BCUT2D eigenvalue weighted by atomic mass is 19.1. The van der Waals surface area contributed by atoms with Crippen LogP contribution in [-0.4, -0.2) is 25.7 Å². The van der Waals surface area contributed by atoms with E-state index in [0.29, 0.717) is 11.3 Å². The minimum Gasteiger partial charge on any atom is -0.326 e. The van der Waals surface area contributed by atoms with Gasteiger partial charge in [0.25, 0.3) is 0 Å². The maximum absolute atomic E-state index is 14.3. The summed E-state index contributed by atoms with van der Waals surface area (Å²) in [7, 11) is 1.89. The van der Waals surface area contributed by atoms with Gasteiger partial charge in [-0.25, -0.2) is 13.8 Å². The van der Waals surface area contributed by atoms with Crippen LogP contribution in [0.15, 0.2) is 84.4 Å². The predicted octanol–water partition coefficient (Wildman–Crippen LogP) is 5.77. The van der Waals surface area contributed by atoms with Crippen LogP contribution >= 0.6 is 0 Å². The van der Waals surface area contributed by atoms with Gasteiger partial charge < -0.3 is 4.57 Å². The molecule has 1 aliphatic rings. The Morgan fingerprint density at radius 1 is 0.800 bits per heavy atom. The third-order valence-corrected chi connectivity index (χ3v) is 6.26. The zero-order chi connectivity index (χ0) is 24.3. The third kappa shape index (κ3) is 3.09. The summed E-state index contributed by atoms with van der Waals surface area (Å²) in [6.07, 6.45) is 1.39. The molecule has 0 unspecified atom stereocenters. The minimum atomic E-state index is -0.916. The fraction of sp³-hybridized carbons (Fsp3) is 0.0357. The van der Waals surface area contributed by atoms with E-state index in [2.05, 4.69) is 0 Å². The first-order valence-electron chi connectivity index (χ1n) is 10.9. The van der Waals surface area contributed by atoms with Gasteiger partial charge in [-0.3, -0.25) is 14.2 Å². The van der Waals surface area contributed by atoms with Gasteiger partial charge in [0.1, 0.15) is 17.5 Å². The molecule has 7 heteroatoms. The summed E-state index contributed by atoms with van der Waals surface area (Å²) < 4.78 is 32.4. The van der Waals surface area contributed by atoms with Crippen molar-refractivity contribution in [1.29, 1.82) is 0 Å². The molecule has 0 fully saturated rings. The Morgan fingerprint density at radius 3 is 1.97 bits per heavy atom. The second-order valence-corrected chi connectivity index (χ2v) is 8.30. The van der Waals surface area contributed by atoms with Crippen LogP contribution in [-0.2, 0) is 7.05 Å². The molecule has 2 heterocycles. The van der Waals surface area contributed by atoms with Gasteiger partial charge in [-0.2, -0.15) is 0 Å². The molecule has 170 valence electrons. The van der Waals surface area contributed by atoms with Crippen molar-refractivity contribution in [2.24, 2.45) is 7.05 Å². The Kier molecular flexibility index (Phi) is 4.60. The summed E-state index contributed by atoms with van der Waals surface area (Å²) >= 11 is 0. The summed E-state index contributed by atoms with van der Waals surface area (Å²) in [5.74, 6) is -2.74. The van der Waals surface area contributed by atoms with Crippen molar-refractivity contribution in [2.75, 3.05) is 0 Å². The zero-order valence-corrected chi connectivity index (χ0v) is 18.5. The number of carbonyl (C=O) groups is 2. The normalized spacial score (nSPS) is 13.1. The number of halogens is 2. The molecular weight excluding hydrogens is 448 g/mol. The molecule has 0 saturated carbocycles. The van der Waals surface area contributed by atoms with E-state index in [1.54, 1.807) is 0 Å². The van der Waals surface area contributed by atoms with Crippen LogP contribution in [0, 0.1) is 11.6 Å². The number of allylic oxidation sites excluding steroid dienone is 1. The number of benzene rings is 3. The largest absolute Gasteiger partial charge is 0.326 e. The molecule has 1 aliphatic carbocycles. The molecule has 0 atom stereocenters. The van der Waals surface area contributed by atoms with Crippen LogP contribution in [0.5, 0.6) is 0 Å². The van der Waals surface area contributed by atoms with E-state index in [-0.39, 0.29) is 5.57 Å². The van der Waals surface area contributed by atoms with Crippen LogP contribution in [0.4, 0.5) is 8.78 Å². The second kappa shape index (κ2) is 7.70. The van der Waals surface area contributed by atoms with Crippen molar-refractivity contribution >= 4 is 28.8 Å². The highest BCUT2D eigenvalue weighted by molar-refractivity contribution is 6.41. The predicted molar refractivity (Wildman–Crippen MR) is 128 cm³/mol. The van der Waals surface area contributed by atoms with Gasteiger partial charge in [-0.15, -0.1) is 0 Å². The van der Waals surface area contributed by atoms with Gasteiger partial charge in [0.2, 0.25) is 11.6 Å². The van der Waals surface area contributed by atoms with E-state index in [0.717, 1.165) is 34.7 Å². The Bertz CT molecular complexity index is 1650. The highest BCUT2D eigenvalue weighted by Gasteiger charge is 2.38. The van der Waals surface area contributed by atoms with Crippen molar-refractivity contribution in [3.8, 4) is 17.1 Å². The van der Waals surface area contributed by atoms with Crippen LogP contribution in [0.3, 0.4) is 0 Å². The molecule has 3 aromatic carbocycles. The summed E-state index contributed by atoms with van der Waals surface area (Å²) in [5.41, 5.74) is 2.26. The van der Waals surface area contributed by atoms with Gasteiger partial charge in [0, 0.05) is 18.3 Å². The van der Waals surface area contributed by atoms with Crippen LogP contribution in [0.2, 0.25) is 0 Å². The van der Waals surface area contributed by atoms with Crippen molar-refractivity contribution in [3.05, 3.63) is 113 Å². The summed E-state index contributed by atoms with van der Waals surface area (Å²) in [6, 6.07) is 22.6. The van der Waals surface area contributed by atoms with E-state index in [1.165, 1.54) is 6.08 Å².